The highest BCUT2D eigenvalue weighted by molar-refractivity contribution is 5.36. The van der Waals surface area contributed by atoms with Gasteiger partial charge in [-0.1, -0.05) is 0 Å². The molecule has 0 aromatic heterocycles. The third-order valence-electron chi connectivity index (χ3n) is 2.16. The summed E-state index contributed by atoms with van der Waals surface area (Å²) in [5, 5.41) is 10.3. The largest absolute Gasteiger partial charge is 0.373 e. The molecule has 1 aliphatic rings. The molecule has 0 aliphatic carbocycles. The quantitative estimate of drug-likeness (QED) is 0.439. The maximum Gasteiger partial charge on any atom is 0.307 e. The van der Waals surface area contributed by atoms with Crippen molar-refractivity contribution in [2.24, 2.45) is 0 Å². The number of rotatable bonds is 3. The Hall–Kier alpha value is -1.56. The van der Waals surface area contributed by atoms with Gasteiger partial charge in [-0.25, -0.2) is 4.39 Å². The molecule has 1 unspecified atom stereocenters. The molecule has 1 aromatic carbocycles. The highest BCUT2D eigenvalue weighted by Crippen LogP contribution is 2.24. The van der Waals surface area contributed by atoms with Crippen LogP contribution in [-0.4, -0.2) is 17.6 Å². The second kappa shape index (κ2) is 3.54. The van der Waals surface area contributed by atoms with Gasteiger partial charge in [-0.15, -0.1) is 0 Å². The summed E-state index contributed by atoms with van der Waals surface area (Å²) in [6.45, 7) is 0.526. The van der Waals surface area contributed by atoms with E-state index in [0.29, 0.717) is 12.7 Å². The Bertz CT molecular complexity index is 418. The van der Waals surface area contributed by atoms with Crippen molar-refractivity contribution in [3.05, 3.63) is 39.4 Å². The van der Waals surface area contributed by atoms with E-state index in [4.69, 9.17) is 4.74 Å². The summed E-state index contributed by atoms with van der Waals surface area (Å²) in [5.74, 6) is -1.78. The van der Waals surface area contributed by atoms with Crippen LogP contribution in [0.1, 0.15) is 5.56 Å². The average Bonchev–Trinajstić information content (AvgIpc) is 2.94. The third-order valence-corrected chi connectivity index (χ3v) is 2.16. The lowest BCUT2D eigenvalue weighted by atomic mass is 10.1. The molecule has 4 nitrogen and oxygen atoms in total. The van der Waals surface area contributed by atoms with Crippen molar-refractivity contribution in [2.45, 2.75) is 12.5 Å². The Morgan fingerprint density at radius 3 is 2.67 bits per heavy atom. The minimum Gasteiger partial charge on any atom is -0.373 e. The van der Waals surface area contributed by atoms with Crippen LogP contribution >= 0.6 is 0 Å². The van der Waals surface area contributed by atoms with Crippen LogP contribution in [0.15, 0.2) is 12.1 Å². The molecule has 0 radical (unpaired) electrons. The number of nitrogens with zero attached hydrogens (tertiary/aromatic N) is 1. The minimum atomic E-state index is -1.02. The first-order chi connectivity index (χ1) is 7.08. The zero-order valence-electron chi connectivity index (χ0n) is 7.57. The first-order valence-electron chi connectivity index (χ1n) is 4.32. The number of epoxide rings is 1. The van der Waals surface area contributed by atoms with E-state index >= 15 is 0 Å². The maximum absolute atomic E-state index is 13.3. The fraction of sp³-hybridized carbons (Fsp3) is 0.333. The molecular formula is C9H7F2NO3. The molecule has 1 saturated heterocycles. The SMILES string of the molecule is O=[N+]([O-])c1cc(F)c(CC2CO2)cc1F. The van der Waals surface area contributed by atoms with E-state index in [9.17, 15) is 18.9 Å². The molecule has 0 bridgehead atoms. The van der Waals surface area contributed by atoms with Crippen LogP contribution < -0.4 is 0 Å². The van der Waals surface area contributed by atoms with Crippen molar-refractivity contribution in [2.75, 3.05) is 6.61 Å². The van der Waals surface area contributed by atoms with Crippen molar-refractivity contribution in [1.82, 2.24) is 0 Å². The van der Waals surface area contributed by atoms with E-state index in [0.717, 1.165) is 6.07 Å². The molecule has 0 amide bonds. The first-order valence-corrected chi connectivity index (χ1v) is 4.32. The highest BCUT2D eigenvalue weighted by Gasteiger charge is 2.26. The Kier molecular flexibility index (Phi) is 2.36. The molecule has 0 spiro atoms. The summed E-state index contributed by atoms with van der Waals surface area (Å²) in [5.41, 5.74) is -0.728. The van der Waals surface area contributed by atoms with Gasteiger partial charge in [0.2, 0.25) is 5.82 Å². The first kappa shape index (κ1) is 9.97. The van der Waals surface area contributed by atoms with Crippen LogP contribution in [-0.2, 0) is 11.2 Å². The minimum absolute atomic E-state index is 0.0830. The van der Waals surface area contributed by atoms with Crippen molar-refractivity contribution < 1.29 is 18.4 Å². The van der Waals surface area contributed by atoms with Gasteiger partial charge >= 0.3 is 5.69 Å². The van der Waals surface area contributed by atoms with Crippen molar-refractivity contribution in [3.63, 3.8) is 0 Å². The topological polar surface area (TPSA) is 55.7 Å². The number of hydrogen-bond donors (Lipinski definition) is 0. The van der Waals surface area contributed by atoms with Gasteiger partial charge in [-0.3, -0.25) is 10.1 Å². The van der Waals surface area contributed by atoms with Gasteiger partial charge in [0, 0.05) is 6.42 Å². The van der Waals surface area contributed by atoms with Crippen LogP contribution in [0, 0.1) is 21.7 Å². The number of benzene rings is 1. The number of ether oxygens (including phenoxy) is 1. The van der Waals surface area contributed by atoms with Crippen LogP contribution in [0.5, 0.6) is 0 Å². The molecule has 6 heteroatoms. The van der Waals surface area contributed by atoms with Gasteiger partial charge in [0.15, 0.2) is 0 Å². The Labute approximate surface area is 83.6 Å². The van der Waals surface area contributed by atoms with Gasteiger partial charge in [0.25, 0.3) is 0 Å². The van der Waals surface area contributed by atoms with E-state index in [1.807, 2.05) is 0 Å². The Balaban J connectivity index is 2.32. The molecule has 1 heterocycles. The second-order valence-corrected chi connectivity index (χ2v) is 3.31. The molecule has 1 atom stereocenters. The Morgan fingerprint density at radius 1 is 1.47 bits per heavy atom. The van der Waals surface area contributed by atoms with E-state index < -0.39 is 22.2 Å². The van der Waals surface area contributed by atoms with E-state index in [2.05, 4.69) is 0 Å². The maximum atomic E-state index is 13.3. The zero-order valence-corrected chi connectivity index (χ0v) is 7.57. The number of nitro groups is 1. The molecule has 1 aromatic rings. The van der Waals surface area contributed by atoms with Gasteiger partial charge in [-0.05, 0) is 11.6 Å². The van der Waals surface area contributed by atoms with Crippen LogP contribution in [0.4, 0.5) is 14.5 Å². The summed E-state index contributed by atoms with van der Waals surface area (Å²) in [7, 11) is 0. The van der Waals surface area contributed by atoms with E-state index in [1.165, 1.54) is 0 Å². The molecule has 2 rings (SSSR count). The van der Waals surface area contributed by atoms with Gasteiger partial charge in [-0.2, -0.15) is 4.39 Å². The summed E-state index contributed by atoms with van der Waals surface area (Å²) >= 11 is 0. The molecule has 80 valence electrons. The fourth-order valence-electron chi connectivity index (χ4n) is 1.31. The van der Waals surface area contributed by atoms with Gasteiger partial charge in [0.1, 0.15) is 5.82 Å². The van der Waals surface area contributed by atoms with Gasteiger partial charge in [0.05, 0.1) is 23.7 Å². The monoisotopic (exact) mass is 215 g/mol. The summed E-state index contributed by atoms with van der Waals surface area (Å²) in [6, 6.07) is 1.46. The summed E-state index contributed by atoms with van der Waals surface area (Å²) < 4.78 is 31.2. The van der Waals surface area contributed by atoms with E-state index in [-0.39, 0.29) is 18.1 Å². The average molecular weight is 215 g/mol. The molecular weight excluding hydrogens is 208 g/mol. The predicted molar refractivity (Wildman–Crippen MR) is 46.5 cm³/mol. The van der Waals surface area contributed by atoms with Crippen molar-refractivity contribution in [1.29, 1.82) is 0 Å². The molecule has 1 aliphatic heterocycles. The Morgan fingerprint density at radius 2 is 2.13 bits per heavy atom. The van der Waals surface area contributed by atoms with Crippen LogP contribution in [0.2, 0.25) is 0 Å². The lowest BCUT2D eigenvalue weighted by Crippen LogP contribution is -2.01. The molecule has 0 saturated carbocycles. The molecule has 0 N–H and O–H groups in total. The van der Waals surface area contributed by atoms with Crippen molar-refractivity contribution >= 4 is 5.69 Å². The number of nitro benzene ring substituents is 1. The highest BCUT2D eigenvalue weighted by atomic mass is 19.1. The smallest absolute Gasteiger partial charge is 0.307 e. The third kappa shape index (κ3) is 2.10. The number of hydrogen-bond acceptors (Lipinski definition) is 3. The fourth-order valence-corrected chi connectivity index (χ4v) is 1.31. The second-order valence-electron chi connectivity index (χ2n) is 3.31. The van der Waals surface area contributed by atoms with E-state index in [1.54, 1.807) is 0 Å². The van der Waals surface area contributed by atoms with Crippen LogP contribution in [0.3, 0.4) is 0 Å². The normalized spacial score (nSPS) is 18.9. The lowest BCUT2D eigenvalue weighted by Gasteiger charge is -2.01. The summed E-state index contributed by atoms with van der Waals surface area (Å²) in [4.78, 5) is 9.35. The summed E-state index contributed by atoms with van der Waals surface area (Å²) in [6.07, 6.45) is 0.168. The van der Waals surface area contributed by atoms with Gasteiger partial charge < -0.3 is 4.74 Å². The van der Waals surface area contributed by atoms with Crippen LogP contribution in [0.25, 0.3) is 0 Å². The number of halogens is 2. The zero-order chi connectivity index (χ0) is 11.0. The standard InChI is InChI=1S/C9H7F2NO3/c10-7-3-9(12(13)14)8(11)2-5(7)1-6-4-15-6/h2-3,6H,1,4H2. The molecule has 15 heavy (non-hydrogen) atoms. The lowest BCUT2D eigenvalue weighted by molar-refractivity contribution is -0.387. The van der Waals surface area contributed by atoms with Crippen molar-refractivity contribution in [3.8, 4) is 0 Å². The molecule has 1 fully saturated rings. The predicted octanol–water partition coefficient (Wildman–Crippen LogP) is 1.81.